The van der Waals surface area contributed by atoms with Gasteiger partial charge in [0.15, 0.2) is 0 Å². The minimum Gasteiger partial charge on any atom is -0.469 e. The van der Waals surface area contributed by atoms with Crippen molar-refractivity contribution < 1.29 is 23.9 Å². The Kier molecular flexibility index (Phi) is 7.18. The largest absolute Gasteiger partial charge is 0.469 e. The third-order valence-electron chi connectivity index (χ3n) is 5.31. The van der Waals surface area contributed by atoms with Gasteiger partial charge in [0.25, 0.3) is 0 Å². The second kappa shape index (κ2) is 9.85. The van der Waals surface area contributed by atoms with Crippen LogP contribution in [0.5, 0.6) is 0 Å². The lowest BCUT2D eigenvalue weighted by Gasteiger charge is -2.38. The highest BCUT2D eigenvalue weighted by molar-refractivity contribution is 5.88. The lowest BCUT2D eigenvalue weighted by Crippen LogP contribution is -2.50. The molecule has 0 saturated heterocycles. The molecule has 170 valence electrons. The number of hydrogen-bond donors (Lipinski definition) is 1. The molecule has 2 aromatic carbocycles. The second-order valence-electron chi connectivity index (χ2n) is 8.86. The Morgan fingerprint density at radius 3 is 2.28 bits per heavy atom. The first-order valence-corrected chi connectivity index (χ1v) is 10.7. The van der Waals surface area contributed by atoms with Gasteiger partial charge < -0.3 is 19.7 Å². The SMILES string of the molecule is COC(=O)C[C@H]1Cc2ccccc2CN1C(=O)[C@@H](NC(=O)OC(C)(C)C)c1ccccc1. The van der Waals surface area contributed by atoms with Crippen LogP contribution in [0, 0.1) is 0 Å². The van der Waals surface area contributed by atoms with Crippen molar-refractivity contribution in [2.24, 2.45) is 0 Å². The molecular formula is C25H30N2O5. The predicted molar refractivity (Wildman–Crippen MR) is 120 cm³/mol. The summed E-state index contributed by atoms with van der Waals surface area (Å²) < 4.78 is 10.3. The van der Waals surface area contributed by atoms with E-state index < -0.39 is 17.7 Å². The molecule has 0 saturated carbocycles. The van der Waals surface area contributed by atoms with E-state index in [1.165, 1.54) is 7.11 Å². The summed E-state index contributed by atoms with van der Waals surface area (Å²) in [5, 5.41) is 2.73. The molecule has 3 rings (SSSR count). The van der Waals surface area contributed by atoms with Gasteiger partial charge in [-0.3, -0.25) is 9.59 Å². The van der Waals surface area contributed by atoms with E-state index in [9.17, 15) is 14.4 Å². The minimum atomic E-state index is -0.948. The number of rotatable bonds is 5. The van der Waals surface area contributed by atoms with Gasteiger partial charge in [-0.1, -0.05) is 54.6 Å². The monoisotopic (exact) mass is 438 g/mol. The van der Waals surface area contributed by atoms with Crippen molar-refractivity contribution in [1.82, 2.24) is 10.2 Å². The molecular weight excluding hydrogens is 408 g/mol. The third kappa shape index (κ3) is 5.87. The van der Waals surface area contributed by atoms with E-state index in [0.29, 0.717) is 18.5 Å². The summed E-state index contributed by atoms with van der Waals surface area (Å²) in [4.78, 5) is 40.1. The number of benzene rings is 2. The van der Waals surface area contributed by atoms with Crippen LogP contribution in [0.15, 0.2) is 54.6 Å². The first kappa shape index (κ1) is 23.3. The Morgan fingerprint density at radius 1 is 1.03 bits per heavy atom. The lowest BCUT2D eigenvalue weighted by atomic mass is 9.91. The van der Waals surface area contributed by atoms with Crippen LogP contribution in [-0.2, 0) is 32.0 Å². The highest BCUT2D eigenvalue weighted by Crippen LogP contribution is 2.29. The van der Waals surface area contributed by atoms with Gasteiger partial charge in [0.05, 0.1) is 13.5 Å². The number of methoxy groups -OCH3 is 1. The molecule has 2 atom stereocenters. The van der Waals surface area contributed by atoms with Gasteiger partial charge in [0.1, 0.15) is 11.6 Å². The highest BCUT2D eigenvalue weighted by Gasteiger charge is 2.36. The molecule has 2 amide bonds. The Labute approximate surface area is 188 Å². The van der Waals surface area contributed by atoms with E-state index in [1.54, 1.807) is 37.8 Å². The van der Waals surface area contributed by atoms with E-state index >= 15 is 0 Å². The average Bonchev–Trinajstić information content (AvgIpc) is 2.76. The van der Waals surface area contributed by atoms with Crippen LogP contribution in [0.4, 0.5) is 4.79 Å². The zero-order valence-corrected chi connectivity index (χ0v) is 19.0. The number of alkyl carbamates (subject to hydrolysis) is 1. The van der Waals surface area contributed by atoms with Gasteiger partial charge >= 0.3 is 12.1 Å². The van der Waals surface area contributed by atoms with Gasteiger partial charge in [-0.05, 0) is 43.9 Å². The van der Waals surface area contributed by atoms with Crippen molar-refractivity contribution in [3.05, 3.63) is 71.3 Å². The standard InChI is InChI=1S/C25H30N2O5/c1-25(2,3)32-24(30)26-22(17-10-6-5-7-11-17)23(29)27-16-19-13-9-8-12-18(19)14-20(27)15-21(28)31-4/h5-13,20,22H,14-16H2,1-4H3,(H,26,30)/t20-,22+/m1/s1. The summed E-state index contributed by atoms with van der Waals surface area (Å²) in [5.74, 6) is -0.686. The minimum absolute atomic E-state index is 0.0739. The summed E-state index contributed by atoms with van der Waals surface area (Å²) in [7, 11) is 1.34. The maximum atomic E-state index is 13.8. The van der Waals surface area contributed by atoms with Crippen molar-refractivity contribution >= 4 is 18.0 Å². The normalized spacial score (nSPS) is 16.5. The van der Waals surface area contributed by atoms with Crippen LogP contribution >= 0.6 is 0 Å². The van der Waals surface area contributed by atoms with Gasteiger partial charge in [-0.25, -0.2) is 4.79 Å². The summed E-state index contributed by atoms with van der Waals surface area (Å²) in [6, 6.07) is 15.6. The number of nitrogens with one attached hydrogen (secondary N) is 1. The van der Waals surface area contributed by atoms with E-state index in [2.05, 4.69) is 5.32 Å². The van der Waals surface area contributed by atoms with Crippen molar-refractivity contribution in [1.29, 1.82) is 0 Å². The third-order valence-corrected chi connectivity index (χ3v) is 5.31. The number of nitrogens with zero attached hydrogens (tertiary/aromatic N) is 1. The summed E-state index contributed by atoms with van der Waals surface area (Å²) in [5.41, 5.74) is 2.05. The van der Waals surface area contributed by atoms with Crippen LogP contribution in [0.2, 0.25) is 0 Å². The number of esters is 1. The maximum Gasteiger partial charge on any atom is 0.408 e. The zero-order chi connectivity index (χ0) is 23.3. The smallest absolute Gasteiger partial charge is 0.408 e. The fourth-order valence-electron chi connectivity index (χ4n) is 3.83. The van der Waals surface area contributed by atoms with Crippen molar-refractivity contribution in [2.45, 2.75) is 57.8 Å². The number of amides is 2. The fraction of sp³-hybridized carbons (Fsp3) is 0.400. The first-order chi connectivity index (χ1) is 15.2. The van der Waals surface area contributed by atoms with Crippen molar-refractivity contribution in [3.63, 3.8) is 0 Å². The molecule has 1 heterocycles. The molecule has 0 radical (unpaired) electrons. The lowest BCUT2D eigenvalue weighted by molar-refractivity contribution is -0.145. The molecule has 1 N–H and O–H groups in total. The van der Waals surface area contributed by atoms with Crippen molar-refractivity contribution in [3.8, 4) is 0 Å². The Balaban J connectivity index is 1.93. The molecule has 0 spiro atoms. The molecule has 2 aromatic rings. The van der Waals surface area contributed by atoms with E-state index in [1.807, 2.05) is 42.5 Å². The summed E-state index contributed by atoms with van der Waals surface area (Å²) in [6.45, 7) is 5.63. The molecule has 32 heavy (non-hydrogen) atoms. The average molecular weight is 439 g/mol. The Morgan fingerprint density at radius 2 is 1.66 bits per heavy atom. The van der Waals surface area contributed by atoms with Crippen LogP contribution in [-0.4, -0.2) is 41.6 Å². The highest BCUT2D eigenvalue weighted by atomic mass is 16.6. The molecule has 1 aliphatic rings. The fourth-order valence-corrected chi connectivity index (χ4v) is 3.83. The topological polar surface area (TPSA) is 84.9 Å². The number of hydrogen-bond acceptors (Lipinski definition) is 5. The molecule has 7 heteroatoms. The van der Waals surface area contributed by atoms with Gasteiger partial charge in [0, 0.05) is 12.6 Å². The first-order valence-electron chi connectivity index (χ1n) is 10.7. The van der Waals surface area contributed by atoms with Crippen LogP contribution in [0.3, 0.4) is 0 Å². The van der Waals surface area contributed by atoms with E-state index in [-0.39, 0.29) is 24.3 Å². The molecule has 7 nitrogen and oxygen atoms in total. The van der Waals surface area contributed by atoms with E-state index in [0.717, 1.165) is 11.1 Å². The zero-order valence-electron chi connectivity index (χ0n) is 19.0. The van der Waals surface area contributed by atoms with Crippen LogP contribution < -0.4 is 5.32 Å². The second-order valence-corrected chi connectivity index (χ2v) is 8.86. The maximum absolute atomic E-state index is 13.8. The van der Waals surface area contributed by atoms with Crippen LogP contribution in [0.1, 0.15) is 49.9 Å². The predicted octanol–water partition coefficient (Wildman–Crippen LogP) is 3.77. The summed E-state index contributed by atoms with van der Waals surface area (Å²) >= 11 is 0. The van der Waals surface area contributed by atoms with Crippen molar-refractivity contribution in [2.75, 3.05) is 7.11 Å². The molecule has 0 aromatic heterocycles. The van der Waals surface area contributed by atoms with Gasteiger partial charge in [-0.2, -0.15) is 0 Å². The Bertz CT molecular complexity index is 968. The molecule has 0 unspecified atom stereocenters. The molecule has 0 bridgehead atoms. The molecule has 1 aliphatic heterocycles. The van der Waals surface area contributed by atoms with Gasteiger partial charge in [0.2, 0.25) is 5.91 Å². The van der Waals surface area contributed by atoms with Gasteiger partial charge in [-0.15, -0.1) is 0 Å². The molecule has 0 fully saturated rings. The van der Waals surface area contributed by atoms with Crippen LogP contribution in [0.25, 0.3) is 0 Å². The summed E-state index contributed by atoms with van der Waals surface area (Å²) in [6.07, 6.45) is -0.0724. The number of fused-ring (bicyclic) bond motifs is 1. The molecule has 0 aliphatic carbocycles. The quantitative estimate of drug-likeness (QED) is 0.719. The van der Waals surface area contributed by atoms with E-state index in [4.69, 9.17) is 9.47 Å². The Hall–Kier alpha value is -3.35. The number of ether oxygens (including phenoxy) is 2. The number of carbonyl (C=O) groups excluding carboxylic acids is 3. The number of carbonyl (C=O) groups is 3.